The lowest BCUT2D eigenvalue weighted by molar-refractivity contribution is -0.170. The Bertz CT molecular complexity index is 796. The quantitative estimate of drug-likeness (QED) is 0.683. The SMILES string of the molecule is CCOC1CC(N)(C(=O)NCc2ccc(OCc3ccccc3)cc2)C1(C)C.Cl. The number of carbonyl (C=O) groups is 1. The van der Waals surface area contributed by atoms with E-state index in [-0.39, 0.29) is 29.8 Å². The molecular weight excluding hydrogens is 388 g/mol. The van der Waals surface area contributed by atoms with Crippen LogP contribution < -0.4 is 15.8 Å². The Labute approximate surface area is 179 Å². The first-order valence-corrected chi connectivity index (χ1v) is 9.81. The number of hydrogen-bond acceptors (Lipinski definition) is 4. The van der Waals surface area contributed by atoms with Gasteiger partial charge in [-0.1, -0.05) is 56.3 Å². The molecule has 0 radical (unpaired) electrons. The highest BCUT2D eigenvalue weighted by Crippen LogP contribution is 2.49. The Balaban J connectivity index is 0.00000300. The van der Waals surface area contributed by atoms with Crippen molar-refractivity contribution >= 4 is 18.3 Å². The second-order valence-corrected chi connectivity index (χ2v) is 7.94. The standard InChI is InChI=1S/C23H30N2O3.ClH/c1-4-27-20-14-23(24,22(20,2)3)21(26)25-15-17-10-12-19(13-11-17)28-16-18-8-6-5-7-9-18;/h5-13,20H,4,14-16,24H2,1-3H3,(H,25,26);1H. The molecule has 158 valence electrons. The van der Waals surface area contributed by atoms with Crippen molar-refractivity contribution in [3.05, 3.63) is 65.7 Å². The van der Waals surface area contributed by atoms with Gasteiger partial charge in [0.1, 0.15) is 17.9 Å². The molecule has 0 bridgehead atoms. The third-order valence-corrected chi connectivity index (χ3v) is 5.86. The second kappa shape index (κ2) is 9.61. The molecule has 2 aromatic carbocycles. The van der Waals surface area contributed by atoms with Gasteiger partial charge in [0.25, 0.3) is 0 Å². The number of ether oxygens (including phenoxy) is 2. The topological polar surface area (TPSA) is 73.6 Å². The van der Waals surface area contributed by atoms with Crippen LogP contribution in [0.25, 0.3) is 0 Å². The highest BCUT2D eigenvalue weighted by Gasteiger charge is 2.62. The molecule has 1 aliphatic carbocycles. The van der Waals surface area contributed by atoms with Gasteiger partial charge in [0.2, 0.25) is 5.91 Å². The normalized spacial score (nSPS) is 22.1. The maximum atomic E-state index is 12.7. The molecular formula is C23H31ClN2O3. The van der Waals surface area contributed by atoms with Gasteiger partial charge in [-0.3, -0.25) is 4.79 Å². The summed E-state index contributed by atoms with van der Waals surface area (Å²) < 4.78 is 11.5. The van der Waals surface area contributed by atoms with Crippen LogP contribution in [0.15, 0.2) is 54.6 Å². The third kappa shape index (κ3) is 4.92. The van der Waals surface area contributed by atoms with Gasteiger partial charge in [-0.25, -0.2) is 0 Å². The van der Waals surface area contributed by atoms with Crippen LogP contribution in [0, 0.1) is 5.41 Å². The third-order valence-electron chi connectivity index (χ3n) is 5.86. The number of benzene rings is 2. The number of carbonyl (C=O) groups excluding carboxylic acids is 1. The Hall–Kier alpha value is -2.08. The highest BCUT2D eigenvalue weighted by molar-refractivity contribution is 5.88. The minimum Gasteiger partial charge on any atom is -0.489 e. The van der Waals surface area contributed by atoms with Crippen LogP contribution >= 0.6 is 12.4 Å². The molecule has 6 heteroatoms. The van der Waals surface area contributed by atoms with Gasteiger partial charge in [0, 0.05) is 25.0 Å². The monoisotopic (exact) mass is 418 g/mol. The summed E-state index contributed by atoms with van der Waals surface area (Å²) in [5, 5.41) is 2.98. The van der Waals surface area contributed by atoms with Crippen molar-refractivity contribution in [3.8, 4) is 5.75 Å². The van der Waals surface area contributed by atoms with Gasteiger partial charge in [0.15, 0.2) is 0 Å². The Morgan fingerprint density at radius 3 is 2.34 bits per heavy atom. The lowest BCUT2D eigenvalue weighted by Crippen LogP contribution is -2.75. The van der Waals surface area contributed by atoms with Gasteiger partial charge in [-0.05, 0) is 30.2 Å². The summed E-state index contributed by atoms with van der Waals surface area (Å²) in [5.41, 5.74) is 7.26. The zero-order valence-electron chi connectivity index (χ0n) is 17.3. The fourth-order valence-corrected chi connectivity index (χ4v) is 3.61. The summed E-state index contributed by atoms with van der Waals surface area (Å²) in [6.07, 6.45) is 0.570. The van der Waals surface area contributed by atoms with E-state index in [1.807, 2.05) is 75.4 Å². The number of nitrogens with two attached hydrogens (primary N) is 1. The van der Waals surface area contributed by atoms with Crippen LogP contribution in [-0.4, -0.2) is 24.2 Å². The van der Waals surface area contributed by atoms with Crippen LogP contribution in [0.5, 0.6) is 5.75 Å². The van der Waals surface area contributed by atoms with E-state index in [1.54, 1.807) is 0 Å². The van der Waals surface area contributed by atoms with Gasteiger partial charge in [0.05, 0.1) is 6.10 Å². The van der Waals surface area contributed by atoms with E-state index in [9.17, 15) is 4.79 Å². The smallest absolute Gasteiger partial charge is 0.241 e. The van der Waals surface area contributed by atoms with E-state index in [1.165, 1.54) is 0 Å². The number of nitrogens with one attached hydrogen (secondary N) is 1. The molecule has 1 amide bonds. The lowest BCUT2D eigenvalue weighted by Gasteiger charge is -2.57. The second-order valence-electron chi connectivity index (χ2n) is 7.94. The van der Waals surface area contributed by atoms with Crippen molar-refractivity contribution in [2.24, 2.45) is 11.1 Å². The average molecular weight is 419 g/mol. The van der Waals surface area contributed by atoms with Crippen molar-refractivity contribution in [1.29, 1.82) is 0 Å². The minimum atomic E-state index is -0.897. The molecule has 0 aromatic heterocycles. The van der Waals surface area contributed by atoms with Crippen molar-refractivity contribution in [3.63, 3.8) is 0 Å². The molecule has 0 spiro atoms. The Morgan fingerprint density at radius 1 is 1.10 bits per heavy atom. The first-order valence-electron chi connectivity index (χ1n) is 9.81. The highest BCUT2D eigenvalue weighted by atomic mass is 35.5. The van der Waals surface area contributed by atoms with Crippen LogP contribution in [0.4, 0.5) is 0 Å². The largest absolute Gasteiger partial charge is 0.489 e. The fourth-order valence-electron chi connectivity index (χ4n) is 3.61. The van der Waals surface area contributed by atoms with Gasteiger partial charge in [-0.2, -0.15) is 0 Å². The molecule has 2 aromatic rings. The number of rotatable bonds is 8. The molecule has 1 fully saturated rings. The maximum absolute atomic E-state index is 12.7. The van der Waals surface area contributed by atoms with E-state index in [0.29, 0.717) is 26.2 Å². The van der Waals surface area contributed by atoms with Gasteiger partial charge < -0.3 is 20.5 Å². The van der Waals surface area contributed by atoms with E-state index in [4.69, 9.17) is 15.2 Å². The predicted molar refractivity (Wildman–Crippen MR) is 117 cm³/mol. The predicted octanol–water partition coefficient (Wildman–Crippen LogP) is 3.84. The van der Waals surface area contributed by atoms with Crippen LogP contribution in [0.3, 0.4) is 0 Å². The van der Waals surface area contributed by atoms with Gasteiger partial charge in [-0.15, -0.1) is 12.4 Å². The molecule has 3 rings (SSSR count). The lowest BCUT2D eigenvalue weighted by atomic mass is 9.54. The molecule has 29 heavy (non-hydrogen) atoms. The molecule has 0 heterocycles. The van der Waals surface area contributed by atoms with Crippen molar-refractivity contribution < 1.29 is 14.3 Å². The van der Waals surface area contributed by atoms with Crippen LogP contribution in [0.2, 0.25) is 0 Å². The summed E-state index contributed by atoms with van der Waals surface area (Å²) >= 11 is 0. The molecule has 2 unspecified atom stereocenters. The Kier molecular flexibility index (Phi) is 7.69. The molecule has 3 N–H and O–H groups in total. The average Bonchev–Trinajstić information content (AvgIpc) is 2.71. The molecule has 5 nitrogen and oxygen atoms in total. The number of amides is 1. The zero-order chi connectivity index (χ0) is 20.2. The first-order chi connectivity index (χ1) is 13.4. The summed E-state index contributed by atoms with van der Waals surface area (Å²) in [6.45, 7) is 7.55. The van der Waals surface area contributed by atoms with Gasteiger partial charge >= 0.3 is 0 Å². The fraction of sp³-hybridized carbons (Fsp3) is 0.435. The van der Waals surface area contributed by atoms with E-state index in [0.717, 1.165) is 16.9 Å². The van der Waals surface area contributed by atoms with Crippen molar-refractivity contribution in [2.45, 2.75) is 52.0 Å². The van der Waals surface area contributed by atoms with E-state index in [2.05, 4.69) is 5.32 Å². The molecule has 0 saturated heterocycles. The number of halogens is 1. The summed E-state index contributed by atoms with van der Waals surface area (Å²) in [6, 6.07) is 17.8. The molecule has 1 aliphatic rings. The Morgan fingerprint density at radius 2 is 1.76 bits per heavy atom. The van der Waals surface area contributed by atoms with Crippen LogP contribution in [-0.2, 0) is 22.7 Å². The molecule has 1 saturated carbocycles. The summed E-state index contributed by atoms with van der Waals surface area (Å²) in [5.74, 6) is 0.673. The summed E-state index contributed by atoms with van der Waals surface area (Å²) in [7, 11) is 0. The van der Waals surface area contributed by atoms with Crippen molar-refractivity contribution in [1.82, 2.24) is 5.32 Å². The van der Waals surface area contributed by atoms with Crippen LogP contribution in [0.1, 0.15) is 38.3 Å². The van der Waals surface area contributed by atoms with E-state index >= 15 is 0 Å². The maximum Gasteiger partial charge on any atom is 0.241 e. The first kappa shape index (κ1) is 23.2. The zero-order valence-corrected chi connectivity index (χ0v) is 18.1. The number of hydrogen-bond donors (Lipinski definition) is 2. The molecule has 2 atom stereocenters. The van der Waals surface area contributed by atoms with Crippen molar-refractivity contribution in [2.75, 3.05) is 6.61 Å². The molecule has 0 aliphatic heterocycles. The summed E-state index contributed by atoms with van der Waals surface area (Å²) in [4.78, 5) is 12.7. The van der Waals surface area contributed by atoms with E-state index < -0.39 is 5.54 Å². The minimum absolute atomic E-state index is 0.